The van der Waals surface area contributed by atoms with Gasteiger partial charge in [0.1, 0.15) is 4.90 Å². The van der Waals surface area contributed by atoms with Gasteiger partial charge in [-0.15, -0.1) is 10.2 Å². The van der Waals surface area contributed by atoms with Crippen LogP contribution in [0.4, 0.5) is 0 Å². The lowest BCUT2D eigenvalue weighted by molar-refractivity contribution is 0.0407. The lowest BCUT2D eigenvalue weighted by atomic mass is 10.0. The number of aryl methyl sites for hydroxylation is 1. The lowest BCUT2D eigenvalue weighted by Gasteiger charge is -2.18. The molecule has 9 heteroatoms. The zero-order chi connectivity index (χ0) is 16.7. The van der Waals surface area contributed by atoms with Crippen molar-refractivity contribution in [1.82, 2.24) is 19.5 Å². The number of ether oxygens (including phenoxy) is 1. The van der Waals surface area contributed by atoms with Gasteiger partial charge in [0.2, 0.25) is 21.8 Å². The number of hydrogen-bond donors (Lipinski definition) is 0. The molecule has 0 bridgehead atoms. The summed E-state index contributed by atoms with van der Waals surface area (Å²) in [4.78, 5) is 4.12. The Morgan fingerprint density at radius 1 is 1.33 bits per heavy atom. The van der Waals surface area contributed by atoms with E-state index in [2.05, 4.69) is 15.2 Å². The van der Waals surface area contributed by atoms with Gasteiger partial charge in [0, 0.05) is 38.3 Å². The van der Waals surface area contributed by atoms with E-state index >= 15 is 0 Å². The Bertz CT molecular complexity index is 809. The molecule has 24 heavy (non-hydrogen) atoms. The molecular weight excluding hydrogens is 332 g/mol. The molecule has 128 valence electrons. The molecule has 0 radical (unpaired) electrons. The standard InChI is InChI=1S/C15H18N4O4S/c1-10-17-18-15(22-10)6-12-5-11-8-19(9-14(11)23-12)24(20,21)13-3-2-4-16-7-13/h2-4,7,11-12,14H,5-6,8-9H2,1H3/t11-,12-,14+/m0/s1. The van der Waals surface area contributed by atoms with E-state index in [0.29, 0.717) is 31.3 Å². The second kappa shape index (κ2) is 5.91. The van der Waals surface area contributed by atoms with Gasteiger partial charge in [0.05, 0.1) is 18.6 Å². The van der Waals surface area contributed by atoms with Crippen molar-refractivity contribution >= 4 is 10.0 Å². The van der Waals surface area contributed by atoms with E-state index in [0.717, 1.165) is 6.42 Å². The molecule has 0 N–H and O–H groups in total. The lowest BCUT2D eigenvalue weighted by Crippen LogP contribution is -2.31. The third-order valence-corrected chi connectivity index (χ3v) is 6.34. The Labute approximate surface area is 139 Å². The Kier molecular flexibility index (Phi) is 3.86. The number of nitrogens with zero attached hydrogens (tertiary/aromatic N) is 4. The molecule has 0 aliphatic carbocycles. The maximum Gasteiger partial charge on any atom is 0.244 e. The number of fused-ring (bicyclic) bond motifs is 1. The molecule has 0 aromatic carbocycles. The molecule has 2 fully saturated rings. The van der Waals surface area contributed by atoms with E-state index in [4.69, 9.17) is 9.15 Å². The van der Waals surface area contributed by atoms with Crippen LogP contribution in [-0.4, -0.2) is 53.2 Å². The molecule has 0 spiro atoms. The quantitative estimate of drug-likeness (QED) is 0.804. The van der Waals surface area contributed by atoms with Crippen molar-refractivity contribution in [1.29, 1.82) is 0 Å². The van der Waals surface area contributed by atoms with Crippen LogP contribution < -0.4 is 0 Å². The third kappa shape index (κ3) is 2.83. The van der Waals surface area contributed by atoms with Gasteiger partial charge in [0.25, 0.3) is 0 Å². The van der Waals surface area contributed by atoms with E-state index in [1.54, 1.807) is 25.3 Å². The molecule has 2 aliphatic rings. The highest BCUT2D eigenvalue weighted by Gasteiger charge is 2.46. The second-order valence-corrected chi connectivity index (χ2v) is 8.16. The van der Waals surface area contributed by atoms with Crippen LogP contribution in [0.15, 0.2) is 33.8 Å². The Morgan fingerprint density at radius 3 is 2.88 bits per heavy atom. The molecule has 0 amide bonds. The van der Waals surface area contributed by atoms with Gasteiger partial charge in [-0.3, -0.25) is 4.98 Å². The summed E-state index contributed by atoms with van der Waals surface area (Å²) in [5.41, 5.74) is 0. The molecule has 8 nitrogen and oxygen atoms in total. The Morgan fingerprint density at radius 2 is 2.21 bits per heavy atom. The summed E-state index contributed by atoms with van der Waals surface area (Å²) >= 11 is 0. The summed E-state index contributed by atoms with van der Waals surface area (Å²) in [7, 11) is -3.50. The number of aromatic nitrogens is 3. The minimum atomic E-state index is -3.50. The Hall–Kier alpha value is -1.84. The predicted octanol–water partition coefficient (Wildman–Crippen LogP) is 0.794. The smallest absolute Gasteiger partial charge is 0.244 e. The molecule has 2 aromatic heterocycles. The molecule has 2 saturated heterocycles. The van der Waals surface area contributed by atoms with Crippen molar-refractivity contribution < 1.29 is 17.6 Å². The van der Waals surface area contributed by atoms with Crippen LogP contribution in [0.2, 0.25) is 0 Å². The molecule has 0 saturated carbocycles. The largest absolute Gasteiger partial charge is 0.426 e. The Balaban J connectivity index is 1.41. The van der Waals surface area contributed by atoms with Gasteiger partial charge in [0.15, 0.2) is 0 Å². The van der Waals surface area contributed by atoms with Gasteiger partial charge in [-0.25, -0.2) is 8.42 Å². The molecule has 3 atom stereocenters. The summed E-state index contributed by atoms with van der Waals surface area (Å²) in [5.74, 6) is 1.31. The van der Waals surface area contributed by atoms with E-state index < -0.39 is 10.0 Å². The van der Waals surface area contributed by atoms with Crippen LogP contribution in [0, 0.1) is 12.8 Å². The molecule has 0 unspecified atom stereocenters. The maximum absolute atomic E-state index is 12.6. The van der Waals surface area contributed by atoms with Crippen molar-refractivity contribution in [3.05, 3.63) is 36.3 Å². The van der Waals surface area contributed by atoms with E-state index in [1.165, 1.54) is 10.5 Å². The zero-order valence-electron chi connectivity index (χ0n) is 13.2. The van der Waals surface area contributed by atoms with Crippen molar-refractivity contribution in [2.24, 2.45) is 5.92 Å². The van der Waals surface area contributed by atoms with Crippen LogP contribution in [0.5, 0.6) is 0 Å². The van der Waals surface area contributed by atoms with Gasteiger partial charge in [-0.1, -0.05) is 0 Å². The first-order chi connectivity index (χ1) is 11.5. The number of hydrogen-bond acceptors (Lipinski definition) is 7. The normalized spacial score (nSPS) is 27.5. The first-order valence-corrected chi connectivity index (χ1v) is 9.31. The van der Waals surface area contributed by atoms with Crippen LogP contribution in [-0.2, 0) is 21.2 Å². The van der Waals surface area contributed by atoms with Crippen molar-refractivity contribution in [3.63, 3.8) is 0 Å². The SMILES string of the molecule is Cc1nnc(C[C@@H]2C[C@H]3CN(S(=O)(=O)c4cccnc4)C[C@H]3O2)o1. The van der Waals surface area contributed by atoms with Crippen LogP contribution >= 0.6 is 0 Å². The molecule has 2 aromatic rings. The van der Waals surface area contributed by atoms with E-state index in [9.17, 15) is 8.42 Å². The van der Waals surface area contributed by atoms with E-state index in [-0.39, 0.29) is 23.0 Å². The maximum atomic E-state index is 12.6. The highest BCUT2D eigenvalue weighted by molar-refractivity contribution is 7.89. The molecule has 2 aliphatic heterocycles. The fraction of sp³-hybridized carbons (Fsp3) is 0.533. The van der Waals surface area contributed by atoms with Crippen LogP contribution in [0.3, 0.4) is 0 Å². The summed E-state index contributed by atoms with van der Waals surface area (Å²) in [6.07, 6.45) is 4.23. The summed E-state index contributed by atoms with van der Waals surface area (Å²) < 4.78 is 38.2. The molecular formula is C15H18N4O4S. The second-order valence-electron chi connectivity index (χ2n) is 6.22. The number of pyridine rings is 1. The summed E-state index contributed by atoms with van der Waals surface area (Å²) in [6, 6.07) is 3.20. The highest BCUT2D eigenvalue weighted by Crippen LogP contribution is 2.36. The fourth-order valence-electron chi connectivity index (χ4n) is 3.42. The minimum Gasteiger partial charge on any atom is -0.426 e. The topological polar surface area (TPSA) is 98.4 Å². The molecule has 4 heterocycles. The van der Waals surface area contributed by atoms with Gasteiger partial charge in [-0.05, 0) is 18.6 Å². The van der Waals surface area contributed by atoms with Gasteiger partial charge < -0.3 is 9.15 Å². The van der Waals surface area contributed by atoms with Crippen LogP contribution in [0.1, 0.15) is 18.2 Å². The van der Waals surface area contributed by atoms with Crippen molar-refractivity contribution in [2.45, 2.75) is 36.9 Å². The number of rotatable bonds is 4. The van der Waals surface area contributed by atoms with Gasteiger partial charge >= 0.3 is 0 Å². The van der Waals surface area contributed by atoms with E-state index in [1.807, 2.05) is 0 Å². The summed E-state index contributed by atoms with van der Waals surface area (Å²) in [5, 5.41) is 7.80. The predicted molar refractivity (Wildman–Crippen MR) is 82.5 cm³/mol. The minimum absolute atomic E-state index is 0.00287. The van der Waals surface area contributed by atoms with Crippen molar-refractivity contribution in [3.8, 4) is 0 Å². The highest BCUT2D eigenvalue weighted by atomic mass is 32.2. The average Bonchev–Trinajstić information content (AvgIpc) is 3.23. The van der Waals surface area contributed by atoms with Crippen molar-refractivity contribution in [2.75, 3.05) is 13.1 Å². The monoisotopic (exact) mass is 350 g/mol. The zero-order valence-corrected chi connectivity index (χ0v) is 14.0. The third-order valence-electron chi connectivity index (χ3n) is 4.52. The average molecular weight is 350 g/mol. The summed E-state index contributed by atoms with van der Waals surface area (Å²) in [6.45, 7) is 2.60. The fourth-order valence-corrected chi connectivity index (χ4v) is 4.89. The first kappa shape index (κ1) is 15.7. The van der Waals surface area contributed by atoms with Crippen LogP contribution in [0.25, 0.3) is 0 Å². The molecule has 4 rings (SSSR count). The number of sulfonamides is 1. The van der Waals surface area contributed by atoms with Gasteiger partial charge in [-0.2, -0.15) is 4.31 Å². The first-order valence-electron chi connectivity index (χ1n) is 7.87.